The van der Waals surface area contributed by atoms with Gasteiger partial charge in [-0.25, -0.2) is 4.79 Å². The summed E-state index contributed by atoms with van der Waals surface area (Å²) in [4.78, 5) is 25.1. The van der Waals surface area contributed by atoms with Gasteiger partial charge in [-0.1, -0.05) is 12.1 Å². The predicted octanol–water partition coefficient (Wildman–Crippen LogP) is 2.28. The van der Waals surface area contributed by atoms with Gasteiger partial charge in [0.05, 0.1) is 16.2 Å². The van der Waals surface area contributed by atoms with Crippen LogP contribution in [0.15, 0.2) is 42.6 Å². The van der Waals surface area contributed by atoms with Crippen molar-refractivity contribution in [2.24, 2.45) is 0 Å². The number of aromatic carboxylic acids is 1. The summed E-state index contributed by atoms with van der Waals surface area (Å²) >= 11 is 0. The number of pyridine rings is 1. The number of non-ortho nitro benzene ring substituents is 1. The predicted molar refractivity (Wildman–Crippen MR) is 67.1 cm³/mol. The SMILES string of the molecule is O=C(O)c1cccnc1Cc1ccc([N+](=O)[O-])cc1. The van der Waals surface area contributed by atoms with Gasteiger partial charge in [0.15, 0.2) is 0 Å². The van der Waals surface area contributed by atoms with E-state index in [0.717, 1.165) is 5.56 Å². The maximum absolute atomic E-state index is 11.0. The van der Waals surface area contributed by atoms with Crippen LogP contribution in [0.25, 0.3) is 0 Å². The van der Waals surface area contributed by atoms with E-state index in [4.69, 9.17) is 5.11 Å². The van der Waals surface area contributed by atoms with Crippen molar-refractivity contribution >= 4 is 11.7 Å². The molecular formula is C13H10N2O4. The second-order valence-electron chi connectivity index (χ2n) is 3.90. The van der Waals surface area contributed by atoms with E-state index in [1.165, 1.54) is 24.4 Å². The smallest absolute Gasteiger partial charge is 0.337 e. The molecule has 0 amide bonds. The second kappa shape index (κ2) is 5.26. The molecule has 0 bridgehead atoms. The van der Waals surface area contributed by atoms with Crippen LogP contribution in [0, 0.1) is 10.1 Å². The highest BCUT2D eigenvalue weighted by Crippen LogP contribution is 2.16. The van der Waals surface area contributed by atoms with Gasteiger partial charge in [-0.3, -0.25) is 15.1 Å². The third-order valence-corrected chi connectivity index (χ3v) is 2.64. The van der Waals surface area contributed by atoms with E-state index in [9.17, 15) is 14.9 Å². The summed E-state index contributed by atoms with van der Waals surface area (Å²) in [5.41, 5.74) is 1.35. The van der Waals surface area contributed by atoms with Gasteiger partial charge >= 0.3 is 5.97 Å². The Morgan fingerprint density at radius 3 is 2.53 bits per heavy atom. The number of benzene rings is 1. The average molecular weight is 258 g/mol. The summed E-state index contributed by atoms with van der Waals surface area (Å²) in [5.74, 6) is -1.04. The van der Waals surface area contributed by atoms with Crippen LogP contribution < -0.4 is 0 Å². The number of nitrogens with zero attached hydrogens (tertiary/aromatic N) is 2. The minimum Gasteiger partial charge on any atom is -0.478 e. The van der Waals surface area contributed by atoms with E-state index in [-0.39, 0.29) is 11.3 Å². The van der Waals surface area contributed by atoms with Gasteiger partial charge in [-0.15, -0.1) is 0 Å². The van der Waals surface area contributed by atoms with Crippen LogP contribution in [0.2, 0.25) is 0 Å². The first-order valence-corrected chi connectivity index (χ1v) is 5.48. The first-order valence-electron chi connectivity index (χ1n) is 5.48. The molecule has 0 fully saturated rings. The molecule has 6 nitrogen and oxygen atoms in total. The first kappa shape index (κ1) is 12.7. The molecule has 0 unspecified atom stereocenters. The lowest BCUT2D eigenvalue weighted by Crippen LogP contribution is -2.05. The van der Waals surface area contributed by atoms with E-state index in [1.54, 1.807) is 18.2 Å². The Balaban J connectivity index is 2.26. The van der Waals surface area contributed by atoms with E-state index in [2.05, 4.69) is 4.98 Å². The number of hydrogen-bond acceptors (Lipinski definition) is 4. The zero-order chi connectivity index (χ0) is 13.8. The normalized spacial score (nSPS) is 10.1. The molecule has 96 valence electrons. The van der Waals surface area contributed by atoms with Gasteiger partial charge in [0.1, 0.15) is 0 Å². The maximum atomic E-state index is 11.0. The Hall–Kier alpha value is -2.76. The van der Waals surface area contributed by atoms with E-state index >= 15 is 0 Å². The molecule has 0 aliphatic carbocycles. The summed E-state index contributed by atoms with van der Waals surface area (Å²) in [7, 11) is 0. The molecule has 0 aliphatic heterocycles. The molecule has 0 saturated carbocycles. The van der Waals surface area contributed by atoms with Crippen LogP contribution in [-0.4, -0.2) is 21.0 Å². The minimum absolute atomic E-state index is 0.00299. The van der Waals surface area contributed by atoms with E-state index in [1.807, 2.05) is 0 Å². The number of nitro benzene ring substituents is 1. The molecule has 0 radical (unpaired) electrons. The first-order chi connectivity index (χ1) is 9.08. The highest BCUT2D eigenvalue weighted by Gasteiger charge is 2.11. The highest BCUT2D eigenvalue weighted by molar-refractivity contribution is 5.88. The number of carbonyl (C=O) groups is 1. The van der Waals surface area contributed by atoms with Crippen molar-refractivity contribution in [3.8, 4) is 0 Å². The number of carboxylic acids is 1. The minimum atomic E-state index is -1.04. The average Bonchev–Trinajstić information content (AvgIpc) is 2.39. The van der Waals surface area contributed by atoms with Crippen molar-refractivity contribution in [1.82, 2.24) is 4.98 Å². The highest BCUT2D eigenvalue weighted by atomic mass is 16.6. The molecule has 0 spiro atoms. The van der Waals surface area contributed by atoms with Crippen LogP contribution in [0.1, 0.15) is 21.6 Å². The molecular weight excluding hydrogens is 248 g/mol. The van der Waals surface area contributed by atoms with Gasteiger partial charge in [-0.2, -0.15) is 0 Å². The lowest BCUT2D eigenvalue weighted by Gasteiger charge is -2.04. The fourth-order valence-electron chi connectivity index (χ4n) is 1.70. The Labute approximate surface area is 108 Å². The monoisotopic (exact) mass is 258 g/mol. The summed E-state index contributed by atoms with van der Waals surface area (Å²) < 4.78 is 0. The molecule has 19 heavy (non-hydrogen) atoms. The Morgan fingerprint density at radius 1 is 1.26 bits per heavy atom. The van der Waals surface area contributed by atoms with Crippen LogP contribution in [0.5, 0.6) is 0 Å². The summed E-state index contributed by atoms with van der Waals surface area (Å²) in [6.45, 7) is 0. The van der Waals surface area contributed by atoms with Crippen molar-refractivity contribution in [1.29, 1.82) is 0 Å². The third kappa shape index (κ3) is 2.92. The van der Waals surface area contributed by atoms with Crippen molar-refractivity contribution < 1.29 is 14.8 Å². The molecule has 1 aromatic carbocycles. The molecule has 0 atom stereocenters. The fraction of sp³-hybridized carbons (Fsp3) is 0.0769. The second-order valence-corrected chi connectivity index (χ2v) is 3.90. The quantitative estimate of drug-likeness (QED) is 0.670. The number of hydrogen-bond donors (Lipinski definition) is 1. The molecule has 1 aromatic heterocycles. The summed E-state index contributed by atoms with van der Waals surface area (Å²) in [5, 5.41) is 19.6. The van der Waals surface area contributed by atoms with Gasteiger partial charge in [0.2, 0.25) is 0 Å². The van der Waals surface area contributed by atoms with Crippen LogP contribution in [0.4, 0.5) is 5.69 Å². The van der Waals surface area contributed by atoms with Crippen LogP contribution in [-0.2, 0) is 6.42 Å². The van der Waals surface area contributed by atoms with Crippen LogP contribution >= 0.6 is 0 Å². The third-order valence-electron chi connectivity index (χ3n) is 2.64. The molecule has 1 N–H and O–H groups in total. The molecule has 0 aliphatic rings. The van der Waals surface area contributed by atoms with Crippen molar-refractivity contribution in [2.45, 2.75) is 6.42 Å². The van der Waals surface area contributed by atoms with Gasteiger partial charge in [-0.05, 0) is 17.7 Å². The zero-order valence-corrected chi connectivity index (χ0v) is 9.81. The summed E-state index contributed by atoms with van der Waals surface area (Å²) in [6.07, 6.45) is 1.84. The lowest BCUT2D eigenvalue weighted by atomic mass is 10.0. The molecule has 2 aromatic rings. The van der Waals surface area contributed by atoms with E-state index < -0.39 is 10.9 Å². The number of aromatic nitrogens is 1. The van der Waals surface area contributed by atoms with Crippen molar-refractivity contribution in [2.75, 3.05) is 0 Å². The Kier molecular flexibility index (Phi) is 3.51. The number of rotatable bonds is 4. The zero-order valence-electron chi connectivity index (χ0n) is 9.81. The van der Waals surface area contributed by atoms with Crippen LogP contribution in [0.3, 0.4) is 0 Å². The van der Waals surface area contributed by atoms with E-state index in [0.29, 0.717) is 12.1 Å². The standard InChI is InChI=1S/C13H10N2O4/c16-13(17)11-2-1-7-14-12(11)8-9-3-5-10(6-4-9)15(18)19/h1-7H,8H2,(H,16,17). The topological polar surface area (TPSA) is 93.3 Å². The molecule has 0 saturated heterocycles. The van der Waals surface area contributed by atoms with Crippen molar-refractivity contribution in [3.05, 3.63) is 69.5 Å². The summed E-state index contributed by atoms with van der Waals surface area (Å²) in [6, 6.07) is 9.01. The van der Waals surface area contributed by atoms with Gasteiger partial charge in [0, 0.05) is 24.8 Å². The lowest BCUT2D eigenvalue weighted by molar-refractivity contribution is -0.384. The fourth-order valence-corrected chi connectivity index (χ4v) is 1.70. The maximum Gasteiger partial charge on any atom is 0.337 e. The Morgan fingerprint density at radius 2 is 1.95 bits per heavy atom. The van der Waals surface area contributed by atoms with Gasteiger partial charge < -0.3 is 5.11 Å². The Bertz CT molecular complexity index is 623. The van der Waals surface area contributed by atoms with Crippen molar-refractivity contribution in [3.63, 3.8) is 0 Å². The number of carboxylic acid groups (broad SMARTS) is 1. The molecule has 1 heterocycles. The molecule has 2 rings (SSSR count). The number of nitro groups is 1. The van der Waals surface area contributed by atoms with Gasteiger partial charge in [0.25, 0.3) is 5.69 Å². The molecule has 6 heteroatoms. The largest absolute Gasteiger partial charge is 0.478 e.